The lowest BCUT2D eigenvalue weighted by Crippen LogP contribution is -2.05. The third-order valence-electron chi connectivity index (χ3n) is 1.90. The SMILES string of the molecule is COC(=O)c1cc([N+](=O)[O-])c(O)cc1OC. The van der Waals surface area contributed by atoms with Gasteiger partial charge in [-0.2, -0.15) is 0 Å². The van der Waals surface area contributed by atoms with Gasteiger partial charge in [0.25, 0.3) is 0 Å². The van der Waals surface area contributed by atoms with Crippen molar-refractivity contribution in [1.82, 2.24) is 0 Å². The molecule has 0 saturated carbocycles. The van der Waals surface area contributed by atoms with Crippen LogP contribution in [0.15, 0.2) is 12.1 Å². The molecule has 1 aromatic carbocycles. The molecule has 0 bridgehead atoms. The fourth-order valence-corrected chi connectivity index (χ4v) is 1.14. The minimum atomic E-state index is -0.804. The Bertz CT molecular complexity index is 442. The third kappa shape index (κ3) is 2.02. The molecule has 0 aliphatic rings. The van der Waals surface area contributed by atoms with Crippen molar-refractivity contribution in [1.29, 1.82) is 0 Å². The molecule has 7 nitrogen and oxygen atoms in total. The first-order valence-corrected chi connectivity index (χ1v) is 4.15. The van der Waals surface area contributed by atoms with E-state index >= 15 is 0 Å². The number of nitro benzene ring substituents is 1. The molecular formula is C9H9NO6. The Morgan fingerprint density at radius 3 is 2.50 bits per heavy atom. The molecule has 0 aliphatic carbocycles. The van der Waals surface area contributed by atoms with Crippen molar-refractivity contribution in [2.24, 2.45) is 0 Å². The summed E-state index contributed by atoms with van der Waals surface area (Å²) in [5.74, 6) is -1.34. The average molecular weight is 227 g/mol. The predicted molar refractivity (Wildman–Crippen MR) is 52.7 cm³/mol. The van der Waals surface area contributed by atoms with Crippen LogP contribution in [0.3, 0.4) is 0 Å². The van der Waals surface area contributed by atoms with Crippen molar-refractivity contribution in [3.63, 3.8) is 0 Å². The maximum Gasteiger partial charge on any atom is 0.341 e. The van der Waals surface area contributed by atoms with Gasteiger partial charge in [0.1, 0.15) is 11.3 Å². The quantitative estimate of drug-likeness (QED) is 0.471. The van der Waals surface area contributed by atoms with Crippen LogP contribution in [0.5, 0.6) is 11.5 Å². The molecule has 0 fully saturated rings. The van der Waals surface area contributed by atoms with E-state index in [0.29, 0.717) is 0 Å². The second-order valence-corrected chi connectivity index (χ2v) is 2.79. The number of nitro groups is 1. The van der Waals surface area contributed by atoms with E-state index < -0.39 is 22.3 Å². The Hall–Kier alpha value is -2.31. The smallest absolute Gasteiger partial charge is 0.341 e. The largest absolute Gasteiger partial charge is 0.502 e. The van der Waals surface area contributed by atoms with Crippen molar-refractivity contribution >= 4 is 11.7 Å². The fourth-order valence-electron chi connectivity index (χ4n) is 1.14. The van der Waals surface area contributed by atoms with Crippen molar-refractivity contribution < 1.29 is 24.3 Å². The standard InChI is InChI=1S/C9H9NO6/c1-15-8-4-7(11)6(10(13)14)3-5(8)9(12)16-2/h3-4,11H,1-2H3. The van der Waals surface area contributed by atoms with E-state index in [4.69, 9.17) is 4.74 Å². The molecule has 7 heteroatoms. The van der Waals surface area contributed by atoms with Gasteiger partial charge in [0, 0.05) is 12.1 Å². The lowest BCUT2D eigenvalue weighted by molar-refractivity contribution is -0.385. The second kappa shape index (κ2) is 4.47. The topological polar surface area (TPSA) is 98.9 Å². The molecular weight excluding hydrogens is 218 g/mol. The van der Waals surface area contributed by atoms with Crippen LogP contribution < -0.4 is 4.74 Å². The molecule has 86 valence electrons. The van der Waals surface area contributed by atoms with Gasteiger partial charge in [-0.25, -0.2) is 4.79 Å². The molecule has 0 unspecified atom stereocenters. The highest BCUT2D eigenvalue weighted by Gasteiger charge is 2.22. The van der Waals surface area contributed by atoms with E-state index in [-0.39, 0.29) is 11.3 Å². The Labute approximate surface area is 90.4 Å². The number of esters is 1. The highest BCUT2D eigenvalue weighted by atomic mass is 16.6. The fraction of sp³-hybridized carbons (Fsp3) is 0.222. The molecule has 0 amide bonds. The first-order chi connectivity index (χ1) is 7.51. The number of nitrogens with zero attached hydrogens (tertiary/aromatic N) is 1. The molecule has 0 radical (unpaired) electrons. The summed E-state index contributed by atoms with van der Waals surface area (Å²) in [4.78, 5) is 21.0. The van der Waals surface area contributed by atoms with Gasteiger partial charge < -0.3 is 14.6 Å². The number of carbonyl (C=O) groups is 1. The number of aromatic hydroxyl groups is 1. The van der Waals surface area contributed by atoms with Crippen LogP contribution in [0.4, 0.5) is 5.69 Å². The number of hydrogen-bond donors (Lipinski definition) is 1. The first-order valence-electron chi connectivity index (χ1n) is 4.15. The summed E-state index contributed by atoms with van der Waals surface area (Å²) in [6.45, 7) is 0. The van der Waals surface area contributed by atoms with E-state index in [9.17, 15) is 20.0 Å². The normalized spacial score (nSPS) is 9.62. The monoisotopic (exact) mass is 227 g/mol. The van der Waals surface area contributed by atoms with E-state index in [2.05, 4.69) is 4.74 Å². The second-order valence-electron chi connectivity index (χ2n) is 2.79. The number of benzene rings is 1. The van der Waals surface area contributed by atoms with Crippen molar-refractivity contribution in [2.45, 2.75) is 0 Å². The van der Waals surface area contributed by atoms with Crippen molar-refractivity contribution in [2.75, 3.05) is 14.2 Å². The highest BCUT2D eigenvalue weighted by Crippen LogP contribution is 2.33. The molecule has 0 spiro atoms. The number of phenols is 1. The zero-order valence-electron chi connectivity index (χ0n) is 8.59. The van der Waals surface area contributed by atoms with Crippen molar-refractivity contribution in [3.05, 3.63) is 27.8 Å². The van der Waals surface area contributed by atoms with Gasteiger partial charge in [-0.15, -0.1) is 0 Å². The number of phenolic OH excluding ortho intramolecular Hbond substituents is 1. The van der Waals surface area contributed by atoms with Crippen LogP contribution in [-0.2, 0) is 4.74 Å². The van der Waals surface area contributed by atoms with Gasteiger partial charge in [-0.05, 0) is 0 Å². The van der Waals surface area contributed by atoms with Gasteiger partial charge in [0.15, 0.2) is 5.75 Å². The summed E-state index contributed by atoms with van der Waals surface area (Å²) in [5, 5.41) is 19.8. The Kier molecular flexibility index (Phi) is 3.29. The lowest BCUT2D eigenvalue weighted by atomic mass is 10.1. The molecule has 0 saturated heterocycles. The summed E-state index contributed by atoms with van der Waals surface area (Å²) in [6.07, 6.45) is 0. The van der Waals surface area contributed by atoms with Gasteiger partial charge in [0.05, 0.1) is 19.1 Å². The van der Waals surface area contributed by atoms with Crippen LogP contribution in [-0.4, -0.2) is 30.2 Å². The minimum Gasteiger partial charge on any atom is -0.502 e. The summed E-state index contributed by atoms with van der Waals surface area (Å²) >= 11 is 0. The summed E-state index contributed by atoms with van der Waals surface area (Å²) in [7, 11) is 2.41. The number of rotatable bonds is 3. The lowest BCUT2D eigenvalue weighted by Gasteiger charge is -2.07. The third-order valence-corrected chi connectivity index (χ3v) is 1.90. The molecule has 16 heavy (non-hydrogen) atoms. The maximum absolute atomic E-state index is 11.3. The number of hydrogen-bond acceptors (Lipinski definition) is 6. The van der Waals surface area contributed by atoms with E-state index in [1.54, 1.807) is 0 Å². The Morgan fingerprint density at radius 1 is 1.44 bits per heavy atom. The molecule has 1 rings (SSSR count). The Balaban J connectivity index is 3.40. The van der Waals surface area contributed by atoms with Crippen LogP contribution in [0.1, 0.15) is 10.4 Å². The molecule has 0 heterocycles. The average Bonchev–Trinajstić information content (AvgIpc) is 2.27. The minimum absolute atomic E-state index is 0.00921. The van der Waals surface area contributed by atoms with Crippen LogP contribution >= 0.6 is 0 Å². The maximum atomic E-state index is 11.3. The predicted octanol–water partition coefficient (Wildman–Crippen LogP) is 1.10. The van der Waals surface area contributed by atoms with Crippen LogP contribution in [0.2, 0.25) is 0 Å². The summed E-state index contributed by atoms with van der Waals surface area (Å²) in [6, 6.07) is 1.89. The zero-order chi connectivity index (χ0) is 12.3. The molecule has 1 aromatic rings. The van der Waals surface area contributed by atoms with Gasteiger partial charge in [-0.3, -0.25) is 10.1 Å². The highest BCUT2D eigenvalue weighted by molar-refractivity contribution is 5.93. The number of ether oxygens (including phenoxy) is 2. The van der Waals surface area contributed by atoms with E-state index in [0.717, 1.165) is 19.2 Å². The Morgan fingerprint density at radius 2 is 2.06 bits per heavy atom. The zero-order valence-corrected chi connectivity index (χ0v) is 8.59. The molecule has 0 atom stereocenters. The van der Waals surface area contributed by atoms with E-state index in [1.165, 1.54) is 7.11 Å². The van der Waals surface area contributed by atoms with Crippen LogP contribution in [0.25, 0.3) is 0 Å². The number of methoxy groups -OCH3 is 2. The molecule has 1 N–H and O–H groups in total. The molecule has 0 aromatic heterocycles. The van der Waals surface area contributed by atoms with E-state index in [1.807, 2.05) is 0 Å². The van der Waals surface area contributed by atoms with Gasteiger partial charge in [0.2, 0.25) is 0 Å². The molecule has 0 aliphatic heterocycles. The van der Waals surface area contributed by atoms with Crippen LogP contribution in [0, 0.1) is 10.1 Å². The van der Waals surface area contributed by atoms with Gasteiger partial charge in [-0.1, -0.05) is 0 Å². The number of carbonyl (C=O) groups excluding carboxylic acids is 1. The summed E-state index contributed by atoms with van der Waals surface area (Å²) in [5.41, 5.74) is -0.698. The first kappa shape index (κ1) is 11.8. The summed E-state index contributed by atoms with van der Waals surface area (Å²) < 4.78 is 9.23. The van der Waals surface area contributed by atoms with Gasteiger partial charge >= 0.3 is 11.7 Å². The van der Waals surface area contributed by atoms with Crippen molar-refractivity contribution in [3.8, 4) is 11.5 Å².